The standard InChI is InChI=1S/C19H32O4/c1-15-7-3-5-9-18(15)20-11-17(12-21-18)13-22-19(23-14-17)10-6-4-8-16(19)2/h15-16H,3-14H2,1-2H3. The van der Waals surface area contributed by atoms with E-state index in [9.17, 15) is 0 Å². The second kappa shape index (κ2) is 5.98. The van der Waals surface area contributed by atoms with Crippen LogP contribution in [0.25, 0.3) is 0 Å². The average molecular weight is 324 g/mol. The molecule has 3 spiro atoms. The largest absolute Gasteiger partial charge is 0.349 e. The Labute approximate surface area is 140 Å². The van der Waals surface area contributed by atoms with Gasteiger partial charge in [0.1, 0.15) is 0 Å². The highest BCUT2D eigenvalue weighted by atomic mass is 16.7. The number of ether oxygens (including phenoxy) is 4. The van der Waals surface area contributed by atoms with Gasteiger partial charge in [0.15, 0.2) is 11.6 Å². The summed E-state index contributed by atoms with van der Waals surface area (Å²) in [5.74, 6) is 0.306. The van der Waals surface area contributed by atoms with E-state index in [0.29, 0.717) is 38.3 Å². The van der Waals surface area contributed by atoms with Crippen LogP contribution in [-0.4, -0.2) is 38.0 Å². The van der Waals surface area contributed by atoms with E-state index >= 15 is 0 Å². The van der Waals surface area contributed by atoms with Crippen molar-refractivity contribution in [2.24, 2.45) is 17.3 Å². The topological polar surface area (TPSA) is 36.9 Å². The van der Waals surface area contributed by atoms with Crippen LogP contribution < -0.4 is 0 Å². The van der Waals surface area contributed by atoms with Crippen LogP contribution in [0.1, 0.15) is 65.2 Å². The minimum Gasteiger partial charge on any atom is -0.349 e. The predicted octanol–water partition coefficient (Wildman–Crippen LogP) is 3.88. The van der Waals surface area contributed by atoms with E-state index < -0.39 is 0 Å². The predicted molar refractivity (Wildman–Crippen MR) is 87.0 cm³/mol. The highest BCUT2D eigenvalue weighted by Crippen LogP contribution is 2.47. The Hall–Kier alpha value is -0.160. The third kappa shape index (κ3) is 2.76. The van der Waals surface area contributed by atoms with Gasteiger partial charge in [-0.05, 0) is 25.7 Å². The molecule has 2 saturated carbocycles. The number of rotatable bonds is 0. The highest BCUT2D eigenvalue weighted by molar-refractivity contribution is 4.94. The van der Waals surface area contributed by atoms with Gasteiger partial charge in [0, 0.05) is 24.7 Å². The van der Waals surface area contributed by atoms with E-state index in [-0.39, 0.29) is 17.0 Å². The monoisotopic (exact) mass is 324 g/mol. The van der Waals surface area contributed by atoms with Crippen molar-refractivity contribution in [3.63, 3.8) is 0 Å². The lowest BCUT2D eigenvalue weighted by atomic mass is 9.80. The molecule has 2 atom stereocenters. The molecule has 23 heavy (non-hydrogen) atoms. The lowest BCUT2D eigenvalue weighted by Crippen LogP contribution is -2.62. The van der Waals surface area contributed by atoms with Gasteiger partial charge in [0.25, 0.3) is 0 Å². The first kappa shape index (κ1) is 16.3. The molecule has 0 aromatic carbocycles. The quantitative estimate of drug-likeness (QED) is 0.677. The Kier molecular flexibility index (Phi) is 4.24. The fourth-order valence-electron chi connectivity index (χ4n) is 4.87. The van der Waals surface area contributed by atoms with Crippen molar-refractivity contribution in [1.29, 1.82) is 0 Å². The van der Waals surface area contributed by atoms with Crippen LogP contribution in [0.15, 0.2) is 0 Å². The second-order valence-corrected chi connectivity index (χ2v) is 8.57. The lowest BCUT2D eigenvalue weighted by molar-refractivity contribution is -0.391. The van der Waals surface area contributed by atoms with Crippen molar-refractivity contribution in [2.45, 2.75) is 76.8 Å². The average Bonchev–Trinajstić information content (AvgIpc) is 2.59. The van der Waals surface area contributed by atoms with Crippen LogP contribution in [0.5, 0.6) is 0 Å². The highest BCUT2D eigenvalue weighted by Gasteiger charge is 2.54. The summed E-state index contributed by atoms with van der Waals surface area (Å²) >= 11 is 0. The van der Waals surface area contributed by atoms with Gasteiger partial charge in [-0.3, -0.25) is 0 Å². The van der Waals surface area contributed by atoms with E-state index in [0.717, 1.165) is 12.8 Å². The fourth-order valence-corrected chi connectivity index (χ4v) is 4.87. The molecule has 4 fully saturated rings. The summed E-state index contributed by atoms with van der Waals surface area (Å²) in [6.45, 7) is 7.38. The molecule has 2 aliphatic heterocycles. The molecule has 2 saturated heterocycles. The summed E-state index contributed by atoms with van der Waals surface area (Å²) in [4.78, 5) is 0. The minimum absolute atomic E-state index is 0.106. The van der Waals surface area contributed by atoms with Gasteiger partial charge in [0.2, 0.25) is 0 Å². The molecule has 0 aromatic rings. The van der Waals surface area contributed by atoms with Crippen LogP contribution in [0.4, 0.5) is 0 Å². The van der Waals surface area contributed by atoms with Crippen molar-refractivity contribution < 1.29 is 18.9 Å². The third-order valence-corrected chi connectivity index (χ3v) is 6.82. The van der Waals surface area contributed by atoms with Crippen LogP contribution in [0.3, 0.4) is 0 Å². The molecule has 0 bridgehead atoms. The number of hydrogen-bond donors (Lipinski definition) is 0. The van der Waals surface area contributed by atoms with Gasteiger partial charge in [-0.2, -0.15) is 0 Å². The molecular weight excluding hydrogens is 292 g/mol. The first-order chi connectivity index (χ1) is 11.1. The molecule has 0 radical (unpaired) electrons. The molecule has 2 heterocycles. The van der Waals surface area contributed by atoms with Crippen molar-refractivity contribution in [2.75, 3.05) is 26.4 Å². The third-order valence-electron chi connectivity index (χ3n) is 6.82. The smallest absolute Gasteiger partial charge is 0.170 e. The molecule has 0 N–H and O–H groups in total. The normalized spacial score (nSPS) is 51.4. The first-order valence-electron chi connectivity index (χ1n) is 9.64. The first-order valence-corrected chi connectivity index (χ1v) is 9.64. The van der Waals surface area contributed by atoms with E-state index in [1.165, 1.54) is 38.5 Å². The zero-order valence-electron chi connectivity index (χ0n) is 14.8. The molecular formula is C19H32O4. The number of hydrogen-bond acceptors (Lipinski definition) is 4. The van der Waals surface area contributed by atoms with Crippen molar-refractivity contribution in [1.82, 2.24) is 0 Å². The zero-order chi connectivity index (χ0) is 16.0. The molecule has 0 aromatic heterocycles. The minimum atomic E-state index is -0.337. The maximum absolute atomic E-state index is 6.33. The maximum atomic E-state index is 6.33. The van der Waals surface area contributed by atoms with Gasteiger partial charge in [-0.25, -0.2) is 0 Å². The molecule has 4 rings (SSSR count). The second-order valence-electron chi connectivity index (χ2n) is 8.57. The molecule has 2 unspecified atom stereocenters. The summed E-state index contributed by atoms with van der Waals surface area (Å²) in [6, 6.07) is 0. The van der Waals surface area contributed by atoms with E-state index in [2.05, 4.69) is 13.8 Å². The zero-order valence-corrected chi connectivity index (χ0v) is 14.8. The Bertz CT molecular complexity index is 376. The molecule has 4 aliphatic rings. The summed E-state index contributed by atoms with van der Waals surface area (Å²) < 4.78 is 25.3. The van der Waals surface area contributed by atoms with E-state index in [1.54, 1.807) is 0 Å². The Morgan fingerprint density at radius 3 is 1.35 bits per heavy atom. The van der Waals surface area contributed by atoms with Gasteiger partial charge in [0.05, 0.1) is 31.8 Å². The Morgan fingerprint density at radius 2 is 1.00 bits per heavy atom. The van der Waals surface area contributed by atoms with E-state index in [1.807, 2.05) is 0 Å². The van der Waals surface area contributed by atoms with Crippen molar-refractivity contribution in [3.05, 3.63) is 0 Å². The molecule has 4 nitrogen and oxygen atoms in total. The molecule has 132 valence electrons. The fraction of sp³-hybridized carbons (Fsp3) is 1.00. The van der Waals surface area contributed by atoms with Crippen LogP contribution in [0, 0.1) is 17.3 Å². The van der Waals surface area contributed by atoms with Crippen molar-refractivity contribution in [3.8, 4) is 0 Å². The summed E-state index contributed by atoms with van der Waals surface area (Å²) in [5, 5.41) is 0. The van der Waals surface area contributed by atoms with Gasteiger partial charge >= 0.3 is 0 Å². The summed E-state index contributed by atoms with van der Waals surface area (Å²) in [6.07, 6.45) is 9.51. The molecule has 0 amide bonds. The van der Waals surface area contributed by atoms with E-state index in [4.69, 9.17) is 18.9 Å². The van der Waals surface area contributed by atoms with Gasteiger partial charge in [-0.1, -0.05) is 26.7 Å². The lowest BCUT2D eigenvalue weighted by Gasteiger charge is -2.55. The summed E-state index contributed by atoms with van der Waals surface area (Å²) in [7, 11) is 0. The Morgan fingerprint density at radius 1 is 0.609 bits per heavy atom. The van der Waals surface area contributed by atoms with Gasteiger partial charge in [-0.15, -0.1) is 0 Å². The van der Waals surface area contributed by atoms with Crippen LogP contribution in [0.2, 0.25) is 0 Å². The summed E-state index contributed by atoms with van der Waals surface area (Å²) in [5.41, 5.74) is -0.106. The van der Waals surface area contributed by atoms with Crippen LogP contribution in [-0.2, 0) is 18.9 Å². The molecule has 4 heteroatoms. The Balaban J connectivity index is 1.39. The maximum Gasteiger partial charge on any atom is 0.170 e. The molecule has 2 aliphatic carbocycles. The van der Waals surface area contributed by atoms with Gasteiger partial charge < -0.3 is 18.9 Å². The van der Waals surface area contributed by atoms with Crippen LogP contribution >= 0.6 is 0 Å². The van der Waals surface area contributed by atoms with Crippen molar-refractivity contribution >= 4 is 0 Å². The SMILES string of the molecule is CC1CCCCC12OCC1(CO2)COC2(CCCCC2C)OC1.